The summed E-state index contributed by atoms with van der Waals surface area (Å²) in [4.78, 5) is 0. The first-order valence-corrected chi connectivity index (χ1v) is 14.5. The second-order valence-corrected chi connectivity index (χ2v) is 13.4. The summed E-state index contributed by atoms with van der Waals surface area (Å²) in [5, 5.41) is 32.2. The number of allylic oxidation sites excluding steroid dienone is 3. The lowest BCUT2D eigenvalue weighted by Gasteiger charge is -2.56. The van der Waals surface area contributed by atoms with E-state index in [-0.39, 0.29) is 11.5 Å². The summed E-state index contributed by atoms with van der Waals surface area (Å²) >= 11 is 0. The molecule has 3 nitrogen and oxygen atoms in total. The monoisotopic (exact) mass is 472 g/mol. The Labute approximate surface area is 209 Å². The molecule has 0 spiro atoms. The average molecular weight is 473 g/mol. The Bertz CT molecular complexity index is 784. The largest absolute Gasteiger partial charge is 0.393 e. The number of rotatable bonds is 8. The lowest BCUT2D eigenvalue weighted by atomic mass is 9.49. The molecular weight excluding hydrogens is 420 g/mol. The molecule has 4 aliphatic carbocycles. The van der Waals surface area contributed by atoms with Gasteiger partial charge in [-0.15, -0.1) is 0 Å². The Morgan fingerprint density at radius 3 is 2.44 bits per heavy atom. The molecule has 3 N–H and O–H groups in total. The molecule has 3 saturated carbocycles. The molecule has 0 radical (unpaired) electrons. The zero-order valence-electron chi connectivity index (χ0n) is 22.8. The van der Waals surface area contributed by atoms with Crippen LogP contribution in [0.5, 0.6) is 0 Å². The van der Waals surface area contributed by atoms with Gasteiger partial charge in [0.25, 0.3) is 0 Å². The first kappa shape index (κ1) is 26.4. The minimum atomic E-state index is -0.451. The van der Waals surface area contributed by atoms with Crippen LogP contribution in [0.3, 0.4) is 0 Å². The highest BCUT2D eigenvalue weighted by molar-refractivity contribution is 5.40. The Hall–Kier alpha value is -0.640. The molecule has 0 bridgehead atoms. The van der Waals surface area contributed by atoms with Gasteiger partial charge in [0.15, 0.2) is 0 Å². The fraction of sp³-hybridized carbons (Fsp3) is 0.871. The summed E-state index contributed by atoms with van der Waals surface area (Å²) < 4.78 is 0. The van der Waals surface area contributed by atoms with Crippen LogP contribution in [-0.2, 0) is 0 Å². The van der Waals surface area contributed by atoms with Gasteiger partial charge in [-0.25, -0.2) is 0 Å². The van der Waals surface area contributed by atoms with E-state index >= 15 is 0 Å². The molecule has 0 unspecified atom stereocenters. The van der Waals surface area contributed by atoms with E-state index in [0.29, 0.717) is 53.8 Å². The zero-order chi connectivity index (χ0) is 24.8. The van der Waals surface area contributed by atoms with Gasteiger partial charge in [0.2, 0.25) is 0 Å². The van der Waals surface area contributed by atoms with Gasteiger partial charge in [-0.3, -0.25) is 0 Å². The van der Waals surface area contributed by atoms with Crippen molar-refractivity contribution in [1.29, 1.82) is 0 Å². The van der Waals surface area contributed by atoms with Gasteiger partial charge in [0.1, 0.15) is 0 Å². The normalized spacial score (nSPS) is 42.2. The predicted molar refractivity (Wildman–Crippen MR) is 140 cm³/mol. The Morgan fingerprint density at radius 1 is 1.03 bits per heavy atom. The highest BCUT2D eigenvalue weighted by atomic mass is 16.3. The van der Waals surface area contributed by atoms with Crippen LogP contribution in [0.2, 0.25) is 0 Å². The fourth-order valence-electron chi connectivity index (χ4n) is 8.92. The van der Waals surface area contributed by atoms with Crippen molar-refractivity contribution < 1.29 is 15.3 Å². The molecule has 0 aromatic heterocycles. The van der Waals surface area contributed by atoms with Gasteiger partial charge < -0.3 is 15.3 Å². The summed E-state index contributed by atoms with van der Waals surface area (Å²) in [5.41, 5.74) is 2.97. The Balaban J connectivity index is 1.58. The smallest absolute Gasteiger partial charge is 0.0661 e. The molecule has 4 rings (SSSR count). The molecule has 34 heavy (non-hydrogen) atoms. The minimum absolute atomic E-state index is 0.197. The number of hydrogen-bond donors (Lipinski definition) is 3. The lowest BCUT2D eigenvalue weighted by Crippen LogP contribution is -2.52. The van der Waals surface area contributed by atoms with Crippen molar-refractivity contribution in [2.24, 2.45) is 46.3 Å². The fourth-order valence-corrected chi connectivity index (χ4v) is 8.92. The quantitative estimate of drug-likeness (QED) is 0.370. The van der Waals surface area contributed by atoms with E-state index in [2.05, 4.69) is 53.7 Å². The van der Waals surface area contributed by atoms with Crippen molar-refractivity contribution in [1.82, 2.24) is 0 Å². The average Bonchev–Trinajstić information content (AvgIpc) is 3.14. The summed E-state index contributed by atoms with van der Waals surface area (Å²) in [7, 11) is 0. The van der Waals surface area contributed by atoms with Crippen LogP contribution in [-0.4, -0.2) is 33.6 Å². The molecule has 0 aromatic rings. The zero-order valence-corrected chi connectivity index (χ0v) is 22.8. The second kappa shape index (κ2) is 10.0. The van der Waals surface area contributed by atoms with Gasteiger partial charge >= 0.3 is 0 Å². The van der Waals surface area contributed by atoms with Crippen LogP contribution in [0, 0.1) is 46.3 Å². The van der Waals surface area contributed by atoms with E-state index in [1.807, 2.05) is 0 Å². The van der Waals surface area contributed by atoms with Crippen molar-refractivity contribution in [2.75, 3.05) is 0 Å². The molecule has 0 heterocycles. The molecule has 3 heteroatoms. The van der Waals surface area contributed by atoms with E-state index in [1.165, 1.54) is 44.1 Å². The first-order valence-electron chi connectivity index (χ1n) is 14.5. The van der Waals surface area contributed by atoms with Gasteiger partial charge in [-0.05, 0) is 79.4 Å². The van der Waals surface area contributed by atoms with Crippen LogP contribution < -0.4 is 0 Å². The number of fused-ring (bicyclic) bond motifs is 5. The molecule has 0 aromatic carbocycles. The summed E-state index contributed by atoms with van der Waals surface area (Å²) in [6.07, 6.45) is 14.5. The van der Waals surface area contributed by atoms with E-state index < -0.39 is 12.2 Å². The SMILES string of the molecule is CCCC[C@@H](C[C@@H](O)C(C)C)[C@@H](C)[C@H]1CC[C@H]2C3=CC=C4C[C@@H](O)C[C@H](O)[C@]4(C)[C@H]3CC[C@]12C. The maximum atomic E-state index is 11.1. The van der Waals surface area contributed by atoms with Crippen molar-refractivity contribution in [3.05, 3.63) is 23.3 Å². The van der Waals surface area contributed by atoms with E-state index in [1.54, 1.807) is 5.57 Å². The predicted octanol–water partition coefficient (Wildman–Crippen LogP) is 6.67. The van der Waals surface area contributed by atoms with E-state index in [9.17, 15) is 15.3 Å². The molecule has 3 fully saturated rings. The molecule has 0 aliphatic heterocycles. The van der Waals surface area contributed by atoms with Crippen LogP contribution in [0.4, 0.5) is 0 Å². The van der Waals surface area contributed by atoms with Crippen molar-refractivity contribution in [2.45, 2.75) is 124 Å². The third-order valence-corrected chi connectivity index (χ3v) is 11.3. The minimum Gasteiger partial charge on any atom is -0.393 e. The van der Waals surface area contributed by atoms with Crippen LogP contribution in [0.15, 0.2) is 23.3 Å². The first-order chi connectivity index (χ1) is 16.0. The number of unbranched alkanes of at least 4 members (excludes halogenated alkanes) is 1. The molecular formula is C31H52O3. The molecule has 4 aliphatic rings. The molecule has 0 amide bonds. The van der Waals surface area contributed by atoms with Crippen LogP contribution in [0.25, 0.3) is 0 Å². The maximum absolute atomic E-state index is 11.1. The number of hydrogen-bond acceptors (Lipinski definition) is 3. The van der Waals surface area contributed by atoms with Crippen molar-refractivity contribution in [3.8, 4) is 0 Å². The standard InChI is InChI=1S/C31H52O3/c1-7-8-9-21(16-28(33)19(2)3)20(4)25-12-13-26-24-11-10-22-17-23(32)18-29(34)31(22,6)27(24)14-15-30(25,26)5/h10-11,19-21,23,25-29,32-34H,7-9,12-18H2,1-6H3/t20-,21+,23-,25-,26+,27+,28-,29+,30-,31+/m1/s1. The maximum Gasteiger partial charge on any atom is 0.0661 e. The third kappa shape index (κ3) is 4.37. The third-order valence-electron chi connectivity index (χ3n) is 11.3. The number of aliphatic hydroxyl groups is 3. The van der Waals surface area contributed by atoms with E-state index in [0.717, 1.165) is 12.8 Å². The second-order valence-electron chi connectivity index (χ2n) is 13.4. The van der Waals surface area contributed by atoms with Crippen molar-refractivity contribution in [3.63, 3.8) is 0 Å². The van der Waals surface area contributed by atoms with Gasteiger partial charge in [0.05, 0.1) is 18.3 Å². The molecule has 10 atom stereocenters. The molecule has 194 valence electrons. The highest BCUT2D eigenvalue weighted by Gasteiger charge is 2.59. The van der Waals surface area contributed by atoms with Gasteiger partial charge in [-0.2, -0.15) is 0 Å². The van der Waals surface area contributed by atoms with Crippen molar-refractivity contribution >= 4 is 0 Å². The number of aliphatic hydroxyl groups excluding tert-OH is 3. The molecule has 0 saturated heterocycles. The summed E-state index contributed by atoms with van der Waals surface area (Å²) in [5.74, 6) is 3.29. The van der Waals surface area contributed by atoms with Crippen LogP contribution in [0.1, 0.15) is 106 Å². The summed E-state index contributed by atoms with van der Waals surface area (Å²) in [6, 6.07) is 0. The lowest BCUT2D eigenvalue weighted by molar-refractivity contribution is -0.0560. The Morgan fingerprint density at radius 2 is 1.76 bits per heavy atom. The van der Waals surface area contributed by atoms with E-state index in [4.69, 9.17) is 0 Å². The summed E-state index contributed by atoms with van der Waals surface area (Å²) in [6.45, 7) is 13.9. The van der Waals surface area contributed by atoms with Crippen LogP contribution >= 0.6 is 0 Å². The topological polar surface area (TPSA) is 60.7 Å². The highest BCUT2D eigenvalue weighted by Crippen LogP contribution is 2.66. The van der Waals surface area contributed by atoms with Gasteiger partial charge in [0, 0.05) is 11.8 Å². The Kier molecular flexibility index (Phi) is 7.79. The van der Waals surface area contributed by atoms with Gasteiger partial charge in [-0.1, -0.05) is 84.1 Å².